The zero-order valence-electron chi connectivity index (χ0n) is 23.5. The number of carboxylic acid groups (broad SMARTS) is 1. The third kappa shape index (κ3) is 6.99. The van der Waals surface area contributed by atoms with Gasteiger partial charge in [0.25, 0.3) is 0 Å². The molecule has 0 spiro atoms. The number of carboxylic acids is 1. The highest BCUT2D eigenvalue weighted by Crippen LogP contribution is 2.45. The molecule has 0 saturated heterocycles. The number of halogens is 1. The van der Waals surface area contributed by atoms with E-state index in [-0.39, 0.29) is 29.5 Å². The van der Waals surface area contributed by atoms with Crippen LogP contribution in [0.2, 0.25) is 0 Å². The molecule has 0 radical (unpaired) electrons. The molecule has 39 heavy (non-hydrogen) atoms. The number of hydrogen-bond donors (Lipinski definition) is 0. The number of carbonyl (C=O) groups is 1. The summed E-state index contributed by atoms with van der Waals surface area (Å²) < 4.78 is 32.1. The molecule has 0 aromatic heterocycles. The average molecular weight is 534 g/mol. The second-order valence-electron chi connectivity index (χ2n) is 11.3. The van der Waals surface area contributed by atoms with Crippen LogP contribution < -0.4 is 14.6 Å². The topological polar surface area (TPSA) is 67.8 Å². The van der Waals surface area contributed by atoms with Gasteiger partial charge in [-0.2, -0.15) is 0 Å². The van der Waals surface area contributed by atoms with E-state index in [4.69, 9.17) is 14.2 Å². The zero-order valence-corrected chi connectivity index (χ0v) is 23.5. The predicted octanol–water partition coefficient (Wildman–Crippen LogP) is 6.49. The minimum atomic E-state index is -1.02. The molecule has 1 unspecified atom stereocenters. The molecule has 4 rings (SSSR count). The van der Waals surface area contributed by atoms with Gasteiger partial charge in [-0.25, -0.2) is 4.39 Å². The molecule has 1 fully saturated rings. The fourth-order valence-electron chi connectivity index (χ4n) is 5.30. The minimum absolute atomic E-state index is 0.0227. The molecule has 1 saturated carbocycles. The van der Waals surface area contributed by atoms with E-state index < -0.39 is 5.97 Å². The lowest BCUT2D eigenvalue weighted by Gasteiger charge is -2.33. The van der Waals surface area contributed by atoms with Crippen molar-refractivity contribution in [1.82, 2.24) is 0 Å². The Morgan fingerprint density at radius 1 is 1.03 bits per heavy atom. The molecular formula is C33H38FO5-. The van der Waals surface area contributed by atoms with Gasteiger partial charge in [-0.15, -0.1) is 0 Å². The third-order valence-electron chi connectivity index (χ3n) is 8.00. The van der Waals surface area contributed by atoms with Crippen molar-refractivity contribution < 1.29 is 28.5 Å². The van der Waals surface area contributed by atoms with Crippen LogP contribution in [0.5, 0.6) is 11.5 Å². The summed E-state index contributed by atoms with van der Waals surface area (Å²) >= 11 is 0. The SMILES string of the molecule is COCC(C)(C)C(C)c1cc(COc2cccc([C@H](CC(=O)[O-])C3CC3)c2)ccc1-c1cc(OC)ccc1F. The van der Waals surface area contributed by atoms with Crippen molar-refractivity contribution in [3.8, 4) is 22.6 Å². The lowest BCUT2D eigenvalue weighted by atomic mass is 9.74. The Morgan fingerprint density at radius 3 is 2.46 bits per heavy atom. The second-order valence-corrected chi connectivity index (χ2v) is 11.3. The molecule has 1 aliphatic carbocycles. The fourth-order valence-corrected chi connectivity index (χ4v) is 5.30. The highest BCUT2D eigenvalue weighted by molar-refractivity contribution is 5.71. The molecule has 208 valence electrons. The van der Waals surface area contributed by atoms with Gasteiger partial charge < -0.3 is 24.1 Å². The summed E-state index contributed by atoms with van der Waals surface area (Å²) in [5.74, 6) is 0.337. The Hall–Kier alpha value is -3.38. The summed E-state index contributed by atoms with van der Waals surface area (Å²) in [5, 5.41) is 11.3. The van der Waals surface area contributed by atoms with Crippen LogP contribution in [0.3, 0.4) is 0 Å². The van der Waals surface area contributed by atoms with Gasteiger partial charge in [-0.05, 0) is 95.0 Å². The standard InChI is InChI=1S/C33H39FO5/c1-21(33(2,3)20-37-4)28-15-22(9-13-27(28)30-17-25(38-5)12-14-31(30)34)19-39-26-8-6-7-24(16-26)29(18-32(35)36)23-10-11-23/h6-9,12-17,21,23,29H,10-11,18-20H2,1-5H3,(H,35,36)/p-1/t21?,29-/m1/s1. The van der Waals surface area contributed by atoms with E-state index in [1.165, 1.54) is 6.07 Å². The highest BCUT2D eigenvalue weighted by Gasteiger charge is 2.32. The molecule has 0 aliphatic heterocycles. The van der Waals surface area contributed by atoms with Gasteiger partial charge in [-0.1, -0.05) is 51.1 Å². The van der Waals surface area contributed by atoms with Crippen molar-refractivity contribution in [1.29, 1.82) is 0 Å². The fraction of sp³-hybridized carbons (Fsp3) is 0.424. The van der Waals surface area contributed by atoms with E-state index in [9.17, 15) is 9.90 Å². The normalized spacial score (nSPS) is 15.0. The number of hydrogen-bond acceptors (Lipinski definition) is 5. The van der Waals surface area contributed by atoms with Crippen LogP contribution in [-0.4, -0.2) is 26.8 Å². The summed E-state index contributed by atoms with van der Waals surface area (Å²) in [7, 11) is 3.26. The summed E-state index contributed by atoms with van der Waals surface area (Å²) in [6.45, 7) is 7.30. The van der Waals surface area contributed by atoms with Crippen LogP contribution in [0.1, 0.15) is 68.6 Å². The number of rotatable bonds is 13. The molecule has 5 nitrogen and oxygen atoms in total. The summed E-state index contributed by atoms with van der Waals surface area (Å²) in [4.78, 5) is 11.3. The van der Waals surface area contributed by atoms with Crippen molar-refractivity contribution in [2.75, 3.05) is 20.8 Å². The highest BCUT2D eigenvalue weighted by atomic mass is 19.1. The number of ether oxygens (including phenoxy) is 3. The van der Waals surface area contributed by atoms with E-state index in [0.717, 1.165) is 35.1 Å². The lowest BCUT2D eigenvalue weighted by molar-refractivity contribution is -0.306. The smallest absolute Gasteiger partial charge is 0.131 e. The van der Waals surface area contributed by atoms with E-state index in [1.807, 2.05) is 36.4 Å². The molecule has 3 aromatic carbocycles. The average Bonchev–Trinajstić information content (AvgIpc) is 3.76. The van der Waals surface area contributed by atoms with Crippen molar-refractivity contribution in [2.24, 2.45) is 11.3 Å². The van der Waals surface area contributed by atoms with Crippen molar-refractivity contribution in [2.45, 2.75) is 58.5 Å². The van der Waals surface area contributed by atoms with Gasteiger partial charge in [0.15, 0.2) is 0 Å². The molecule has 6 heteroatoms. The first-order chi connectivity index (χ1) is 18.6. The predicted molar refractivity (Wildman–Crippen MR) is 148 cm³/mol. The van der Waals surface area contributed by atoms with Gasteiger partial charge >= 0.3 is 0 Å². The first-order valence-corrected chi connectivity index (χ1v) is 13.5. The minimum Gasteiger partial charge on any atom is -0.550 e. The van der Waals surface area contributed by atoms with Crippen LogP contribution in [-0.2, 0) is 16.1 Å². The first kappa shape index (κ1) is 28.6. The molecular weight excluding hydrogens is 495 g/mol. The van der Waals surface area contributed by atoms with Crippen LogP contribution in [0, 0.1) is 17.2 Å². The van der Waals surface area contributed by atoms with Gasteiger partial charge in [0.05, 0.1) is 13.7 Å². The maximum atomic E-state index is 15.0. The number of aliphatic carboxylic acids is 1. The Morgan fingerprint density at radius 2 is 1.79 bits per heavy atom. The molecule has 2 atom stereocenters. The Kier molecular flexibility index (Phi) is 8.96. The van der Waals surface area contributed by atoms with Gasteiger partial charge in [-0.3, -0.25) is 0 Å². The van der Waals surface area contributed by atoms with Crippen LogP contribution >= 0.6 is 0 Å². The number of methoxy groups -OCH3 is 2. The van der Waals surface area contributed by atoms with Gasteiger partial charge in [0.1, 0.15) is 23.9 Å². The maximum Gasteiger partial charge on any atom is 0.131 e. The van der Waals surface area contributed by atoms with E-state index >= 15 is 4.39 Å². The van der Waals surface area contributed by atoms with Gasteiger partial charge in [0.2, 0.25) is 0 Å². The Bertz CT molecular complexity index is 1300. The number of carbonyl (C=O) groups excluding carboxylic acids is 1. The number of benzene rings is 3. The maximum absolute atomic E-state index is 15.0. The molecule has 0 amide bonds. The summed E-state index contributed by atoms with van der Waals surface area (Å²) in [6.07, 6.45) is 2.11. The van der Waals surface area contributed by atoms with Crippen LogP contribution in [0.15, 0.2) is 60.7 Å². The van der Waals surface area contributed by atoms with Crippen molar-refractivity contribution in [3.05, 3.63) is 83.2 Å². The molecule has 0 heterocycles. The monoisotopic (exact) mass is 533 g/mol. The molecule has 0 N–H and O–H groups in total. The Labute approximate surface area is 230 Å². The Balaban J connectivity index is 1.63. The molecule has 0 bridgehead atoms. The summed E-state index contributed by atoms with van der Waals surface area (Å²) in [6, 6.07) is 18.5. The summed E-state index contributed by atoms with van der Waals surface area (Å²) in [5.41, 5.74) is 4.02. The third-order valence-corrected chi connectivity index (χ3v) is 8.00. The van der Waals surface area contributed by atoms with E-state index in [1.54, 1.807) is 26.4 Å². The van der Waals surface area contributed by atoms with Crippen molar-refractivity contribution >= 4 is 5.97 Å². The zero-order chi connectivity index (χ0) is 28.2. The van der Waals surface area contributed by atoms with Crippen LogP contribution in [0.4, 0.5) is 4.39 Å². The van der Waals surface area contributed by atoms with Crippen LogP contribution in [0.25, 0.3) is 11.1 Å². The quantitative estimate of drug-likeness (QED) is 0.251. The van der Waals surface area contributed by atoms with E-state index in [2.05, 4.69) is 26.8 Å². The second kappa shape index (κ2) is 12.2. The largest absolute Gasteiger partial charge is 0.550 e. The lowest BCUT2D eigenvalue weighted by Crippen LogP contribution is -2.26. The molecule has 3 aromatic rings. The van der Waals surface area contributed by atoms with E-state index in [0.29, 0.717) is 36.2 Å². The first-order valence-electron chi connectivity index (χ1n) is 13.5. The van der Waals surface area contributed by atoms with Gasteiger partial charge in [0, 0.05) is 18.6 Å². The molecule has 1 aliphatic rings. The van der Waals surface area contributed by atoms with Crippen molar-refractivity contribution in [3.63, 3.8) is 0 Å².